The van der Waals surface area contributed by atoms with Crippen molar-refractivity contribution in [1.29, 1.82) is 0 Å². The molecule has 0 radical (unpaired) electrons. The highest BCUT2D eigenvalue weighted by Crippen LogP contribution is 2.38. The number of phenols is 2. The summed E-state index contributed by atoms with van der Waals surface area (Å²) in [6, 6.07) is 9.46. The molecule has 0 bridgehead atoms. The quantitative estimate of drug-likeness (QED) is 0.830. The van der Waals surface area contributed by atoms with Gasteiger partial charge in [-0.05, 0) is 29.8 Å². The molecule has 1 heterocycles. The lowest BCUT2D eigenvalue weighted by Gasteiger charge is -2.26. The van der Waals surface area contributed by atoms with Crippen LogP contribution in [0.4, 0.5) is 0 Å². The lowest BCUT2D eigenvalue weighted by atomic mass is 9.96. The maximum Gasteiger partial charge on any atom is 0.170 e. The molecule has 2 aromatic carbocycles. The molecule has 1 atom stereocenters. The molecule has 1 aliphatic heterocycles. The van der Waals surface area contributed by atoms with Crippen LogP contribution >= 0.6 is 0 Å². The molecule has 21 heavy (non-hydrogen) atoms. The SMILES string of the molecule is COc1ccc2c(c1)OC(c1ccc(O)c(O)c1)CC2=O. The summed E-state index contributed by atoms with van der Waals surface area (Å²) in [7, 11) is 1.54. The highest BCUT2D eigenvalue weighted by atomic mass is 16.5. The first-order valence-corrected chi connectivity index (χ1v) is 6.48. The molecule has 2 aromatic rings. The number of hydrogen-bond acceptors (Lipinski definition) is 5. The van der Waals surface area contributed by atoms with Crippen LogP contribution in [-0.4, -0.2) is 23.1 Å². The van der Waals surface area contributed by atoms with Gasteiger partial charge in [-0.15, -0.1) is 0 Å². The zero-order chi connectivity index (χ0) is 15.0. The summed E-state index contributed by atoms with van der Waals surface area (Å²) >= 11 is 0. The van der Waals surface area contributed by atoms with Crippen LogP contribution in [0, 0.1) is 0 Å². The Morgan fingerprint density at radius 3 is 2.67 bits per heavy atom. The fraction of sp³-hybridized carbons (Fsp3) is 0.188. The molecular formula is C16H14O5. The van der Waals surface area contributed by atoms with E-state index in [1.54, 1.807) is 31.4 Å². The zero-order valence-corrected chi connectivity index (χ0v) is 11.4. The van der Waals surface area contributed by atoms with Gasteiger partial charge in [0.25, 0.3) is 0 Å². The topological polar surface area (TPSA) is 76.0 Å². The van der Waals surface area contributed by atoms with Gasteiger partial charge in [-0.1, -0.05) is 6.07 Å². The van der Waals surface area contributed by atoms with Crippen molar-refractivity contribution in [2.45, 2.75) is 12.5 Å². The molecule has 0 saturated heterocycles. The number of rotatable bonds is 2. The van der Waals surface area contributed by atoms with E-state index in [1.165, 1.54) is 12.1 Å². The van der Waals surface area contributed by atoms with E-state index in [1.807, 2.05) is 0 Å². The fourth-order valence-electron chi connectivity index (χ4n) is 2.36. The van der Waals surface area contributed by atoms with Crippen molar-refractivity contribution in [3.05, 3.63) is 47.5 Å². The number of methoxy groups -OCH3 is 1. The minimum Gasteiger partial charge on any atom is -0.504 e. The summed E-state index contributed by atoms with van der Waals surface area (Å²) in [6.07, 6.45) is -0.313. The van der Waals surface area contributed by atoms with Crippen molar-refractivity contribution in [3.8, 4) is 23.0 Å². The Balaban J connectivity index is 1.96. The van der Waals surface area contributed by atoms with Gasteiger partial charge in [-0.25, -0.2) is 0 Å². The Kier molecular flexibility index (Phi) is 3.17. The molecule has 0 saturated carbocycles. The predicted octanol–water partition coefficient (Wildman–Crippen LogP) is 2.81. The summed E-state index contributed by atoms with van der Waals surface area (Å²) in [5.41, 5.74) is 1.15. The number of Topliss-reactive ketones (excluding diaryl/α,β-unsaturated/α-hetero) is 1. The van der Waals surface area contributed by atoms with E-state index in [0.717, 1.165) is 0 Å². The predicted molar refractivity (Wildman–Crippen MR) is 75.1 cm³/mol. The van der Waals surface area contributed by atoms with E-state index >= 15 is 0 Å². The second-order valence-electron chi connectivity index (χ2n) is 4.84. The van der Waals surface area contributed by atoms with Gasteiger partial charge in [0.05, 0.1) is 19.1 Å². The number of benzene rings is 2. The van der Waals surface area contributed by atoms with Gasteiger partial charge in [0.15, 0.2) is 17.3 Å². The van der Waals surface area contributed by atoms with Crippen LogP contribution in [0.5, 0.6) is 23.0 Å². The Morgan fingerprint density at radius 2 is 1.95 bits per heavy atom. The van der Waals surface area contributed by atoms with Crippen molar-refractivity contribution < 1.29 is 24.5 Å². The summed E-state index contributed by atoms with van der Waals surface area (Å²) < 4.78 is 11.0. The van der Waals surface area contributed by atoms with Crippen LogP contribution in [0.15, 0.2) is 36.4 Å². The van der Waals surface area contributed by atoms with Gasteiger partial charge in [-0.3, -0.25) is 4.79 Å². The number of phenolic OH excluding ortho intramolecular Hbond substituents is 2. The van der Waals surface area contributed by atoms with E-state index in [2.05, 4.69) is 0 Å². The van der Waals surface area contributed by atoms with Crippen LogP contribution in [0.25, 0.3) is 0 Å². The minimum atomic E-state index is -0.497. The molecule has 3 rings (SSSR count). The summed E-state index contributed by atoms with van der Waals surface area (Å²) in [6.45, 7) is 0. The van der Waals surface area contributed by atoms with E-state index in [-0.39, 0.29) is 23.7 Å². The monoisotopic (exact) mass is 286 g/mol. The molecule has 5 nitrogen and oxygen atoms in total. The maximum atomic E-state index is 12.2. The van der Waals surface area contributed by atoms with E-state index < -0.39 is 6.10 Å². The molecule has 2 N–H and O–H groups in total. The smallest absolute Gasteiger partial charge is 0.170 e. The van der Waals surface area contributed by atoms with Gasteiger partial charge in [0.2, 0.25) is 0 Å². The Bertz CT molecular complexity index is 708. The van der Waals surface area contributed by atoms with Crippen molar-refractivity contribution in [3.63, 3.8) is 0 Å². The molecule has 108 valence electrons. The summed E-state index contributed by atoms with van der Waals surface area (Å²) in [5, 5.41) is 18.9. The van der Waals surface area contributed by atoms with Crippen molar-refractivity contribution >= 4 is 5.78 Å². The molecule has 0 amide bonds. The van der Waals surface area contributed by atoms with E-state index in [9.17, 15) is 15.0 Å². The van der Waals surface area contributed by atoms with Crippen LogP contribution in [0.2, 0.25) is 0 Å². The van der Waals surface area contributed by atoms with Gasteiger partial charge in [-0.2, -0.15) is 0 Å². The van der Waals surface area contributed by atoms with Gasteiger partial charge in [0.1, 0.15) is 17.6 Å². The largest absolute Gasteiger partial charge is 0.504 e. The summed E-state index contributed by atoms with van der Waals surface area (Å²) in [4.78, 5) is 12.2. The third-order valence-corrected chi connectivity index (χ3v) is 3.50. The molecule has 5 heteroatoms. The Labute approximate surface area is 121 Å². The number of aromatic hydroxyl groups is 2. The van der Waals surface area contributed by atoms with Crippen LogP contribution < -0.4 is 9.47 Å². The third kappa shape index (κ3) is 2.38. The average Bonchev–Trinajstić information content (AvgIpc) is 2.49. The van der Waals surface area contributed by atoms with Gasteiger partial charge in [0, 0.05) is 6.07 Å². The number of carbonyl (C=O) groups excluding carboxylic acids is 1. The molecule has 0 aliphatic carbocycles. The van der Waals surface area contributed by atoms with E-state index in [4.69, 9.17) is 9.47 Å². The van der Waals surface area contributed by atoms with E-state index in [0.29, 0.717) is 22.6 Å². The standard InChI is InChI=1S/C16H14O5/c1-20-10-3-4-11-13(18)8-15(21-16(11)7-10)9-2-5-12(17)14(19)6-9/h2-7,15,17,19H,8H2,1H3. The first-order chi connectivity index (χ1) is 10.1. The minimum absolute atomic E-state index is 0.0310. The number of ketones is 1. The molecule has 1 aliphatic rings. The van der Waals surface area contributed by atoms with Crippen molar-refractivity contribution in [2.24, 2.45) is 0 Å². The highest BCUT2D eigenvalue weighted by Gasteiger charge is 2.28. The third-order valence-electron chi connectivity index (χ3n) is 3.50. The first kappa shape index (κ1) is 13.3. The van der Waals surface area contributed by atoms with Gasteiger partial charge < -0.3 is 19.7 Å². The molecule has 0 fully saturated rings. The zero-order valence-electron chi connectivity index (χ0n) is 11.4. The number of hydrogen-bond donors (Lipinski definition) is 2. The second-order valence-corrected chi connectivity index (χ2v) is 4.84. The number of ether oxygens (including phenoxy) is 2. The Hall–Kier alpha value is -2.69. The molecular weight excluding hydrogens is 272 g/mol. The molecule has 0 aromatic heterocycles. The van der Waals surface area contributed by atoms with Crippen LogP contribution in [-0.2, 0) is 0 Å². The number of carbonyl (C=O) groups is 1. The first-order valence-electron chi connectivity index (χ1n) is 6.48. The fourth-order valence-corrected chi connectivity index (χ4v) is 2.36. The van der Waals surface area contributed by atoms with Gasteiger partial charge >= 0.3 is 0 Å². The number of fused-ring (bicyclic) bond motifs is 1. The maximum absolute atomic E-state index is 12.2. The van der Waals surface area contributed by atoms with Crippen LogP contribution in [0.1, 0.15) is 28.4 Å². The van der Waals surface area contributed by atoms with Crippen LogP contribution in [0.3, 0.4) is 0 Å². The Morgan fingerprint density at radius 1 is 1.14 bits per heavy atom. The summed E-state index contributed by atoms with van der Waals surface area (Å²) in [5.74, 6) is 0.596. The van der Waals surface area contributed by atoms with Crippen molar-refractivity contribution in [1.82, 2.24) is 0 Å². The highest BCUT2D eigenvalue weighted by molar-refractivity contribution is 6.00. The normalized spacial score (nSPS) is 17.0. The average molecular weight is 286 g/mol. The molecule has 0 spiro atoms. The second kappa shape index (κ2) is 5.01. The van der Waals surface area contributed by atoms with Crippen molar-refractivity contribution in [2.75, 3.05) is 7.11 Å². The lowest BCUT2D eigenvalue weighted by Crippen LogP contribution is -2.20. The lowest BCUT2D eigenvalue weighted by molar-refractivity contribution is 0.0849. The molecule has 1 unspecified atom stereocenters.